The second-order valence-corrected chi connectivity index (χ2v) is 3.85. The first-order chi connectivity index (χ1) is 8.29. The Morgan fingerprint density at radius 1 is 1.24 bits per heavy atom. The van der Waals surface area contributed by atoms with Gasteiger partial charge in [0.05, 0.1) is 17.8 Å². The van der Waals surface area contributed by atoms with Crippen LogP contribution in [-0.2, 0) is 12.8 Å². The molecular weight excluding hydrogens is 214 g/mol. The Labute approximate surface area is 99.7 Å². The fourth-order valence-electron chi connectivity index (χ4n) is 1.70. The predicted molar refractivity (Wildman–Crippen MR) is 62.6 cm³/mol. The van der Waals surface area contributed by atoms with E-state index in [1.807, 2.05) is 24.3 Å². The van der Waals surface area contributed by atoms with Crippen LogP contribution in [0.1, 0.15) is 23.4 Å². The molecule has 0 saturated heterocycles. The number of imidazole rings is 1. The molecule has 4 heteroatoms. The average molecular weight is 227 g/mol. The van der Waals surface area contributed by atoms with Gasteiger partial charge in [-0.1, -0.05) is 12.1 Å². The van der Waals surface area contributed by atoms with Crippen LogP contribution in [0, 0.1) is 11.3 Å². The number of hydrogen-bond donors (Lipinski definition) is 1. The van der Waals surface area contributed by atoms with Gasteiger partial charge in [0.15, 0.2) is 0 Å². The quantitative estimate of drug-likeness (QED) is 0.814. The van der Waals surface area contributed by atoms with E-state index in [9.17, 15) is 5.21 Å². The van der Waals surface area contributed by atoms with Crippen LogP contribution in [0.5, 0.6) is 0 Å². The van der Waals surface area contributed by atoms with Gasteiger partial charge in [0.25, 0.3) is 0 Å². The number of nitriles is 1. The van der Waals surface area contributed by atoms with Crippen molar-refractivity contribution in [1.29, 1.82) is 5.26 Å². The molecule has 0 aliphatic rings. The standard InChI is InChI=1S/C13H13N3O/c14-10-12-6-4-11(5-7-12)2-1-3-13-15-8-9-16(13)17/h4-9,17H,1-3H2. The molecule has 0 fully saturated rings. The zero-order chi connectivity index (χ0) is 12.1. The lowest BCUT2D eigenvalue weighted by Gasteiger charge is -2.02. The van der Waals surface area contributed by atoms with Crippen molar-refractivity contribution in [2.75, 3.05) is 0 Å². The lowest BCUT2D eigenvalue weighted by atomic mass is 10.1. The van der Waals surface area contributed by atoms with Crippen molar-refractivity contribution in [2.24, 2.45) is 0 Å². The minimum absolute atomic E-state index is 0.679. The predicted octanol–water partition coefficient (Wildman–Crippen LogP) is 2.17. The third-order valence-electron chi connectivity index (χ3n) is 2.64. The molecular formula is C13H13N3O. The minimum atomic E-state index is 0.679. The second kappa shape index (κ2) is 5.17. The van der Waals surface area contributed by atoms with E-state index in [-0.39, 0.29) is 0 Å². The fourth-order valence-corrected chi connectivity index (χ4v) is 1.70. The van der Waals surface area contributed by atoms with E-state index in [1.165, 1.54) is 11.8 Å². The minimum Gasteiger partial charge on any atom is -0.427 e. The second-order valence-electron chi connectivity index (χ2n) is 3.85. The highest BCUT2D eigenvalue weighted by Gasteiger charge is 2.01. The zero-order valence-corrected chi connectivity index (χ0v) is 9.37. The van der Waals surface area contributed by atoms with Gasteiger partial charge >= 0.3 is 0 Å². The molecule has 1 heterocycles. The highest BCUT2D eigenvalue weighted by atomic mass is 16.5. The Balaban J connectivity index is 1.86. The van der Waals surface area contributed by atoms with Gasteiger partial charge in [0.2, 0.25) is 0 Å². The topological polar surface area (TPSA) is 61.8 Å². The molecule has 2 rings (SSSR count). The first kappa shape index (κ1) is 11.2. The van der Waals surface area contributed by atoms with Crippen LogP contribution in [0.25, 0.3) is 0 Å². The lowest BCUT2D eigenvalue weighted by Crippen LogP contribution is -1.99. The number of aromatic nitrogens is 2. The Morgan fingerprint density at radius 2 is 2.00 bits per heavy atom. The van der Waals surface area contributed by atoms with Crippen molar-refractivity contribution >= 4 is 0 Å². The Morgan fingerprint density at radius 3 is 2.59 bits per heavy atom. The summed E-state index contributed by atoms with van der Waals surface area (Å²) >= 11 is 0. The van der Waals surface area contributed by atoms with E-state index in [1.54, 1.807) is 6.20 Å². The van der Waals surface area contributed by atoms with Crippen LogP contribution in [0.15, 0.2) is 36.7 Å². The Kier molecular flexibility index (Phi) is 3.41. The number of nitrogens with zero attached hydrogens (tertiary/aromatic N) is 3. The highest BCUT2D eigenvalue weighted by molar-refractivity contribution is 5.31. The molecule has 0 unspecified atom stereocenters. The molecule has 0 saturated carbocycles. The van der Waals surface area contributed by atoms with Gasteiger partial charge in [-0.05, 0) is 30.5 Å². The van der Waals surface area contributed by atoms with Gasteiger partial charge in [-0.15, -0.1) is 0 Å². The summed E-state index contributed by atoms with van der Waals surface area (Å²) in [6, 6.07) is 9.66. The zero-order valence-electron chi connectivity index (χ0n) is 9.37. The molecule has 1 aromatic carbocycles. The first-order valence-corrected chi connectivity index (χ1v) is 5.50. The molecule has 0 amide bonds. The molecule has 1 aromatic heterocycles. The average Bonchev–Trinajstić information content (AvgIpc) is 2.76. The third kappa shape index (κ3) is 2.85. The fraction of sp³-hybridized carbons (Fsp3) is 0.231. The lowest BCUT2D eigenvalue weighted by molar-refractivity contribution is 0.175. The highest BCUT2D eigenvalue weighted by Crippen LogP contribution is 2.08. The van der Waals surface area contributed by atoms with Crippen LogP contribution in [0.3, 0.4) is 0 Å². The largest absolute Gasteiger partial charge is 0.427 e. The van der Waals surface area contributed by atoms with Crippen molar-refractivity contribution in [3.05, 3.63) is 53.6 Å². The molecule has 2 aromatic rings. The maximum Gasteiger partial charge on any atom is 0.144 e. The van der Waals surface area contributed by atoms with Crippen molar-refractivity contribution < 1.29 is 5.21 Å². The third-order valence-corrected chi connectivity index (χ3v) is 2.64. The van der Waals surface area contributed by atoms with Crippen molar-refractivity contribution in [3.8, 4) is 6.07 Å². The summed E-state index contributed by atoms with van der Waals surface area (Å²) in [5.74, 6) is 0.679. The summed E-state index contributed by atoms with van der Waals surface area (Å²) < 4.78 is 1.05. The molecule has 0 radical (unpaired) electrons. The maximum atomic E-state index is 9.33. The van der Waals surface area contributed by atoms with Gasteiger partial charge in [0.1, 0.15) is 5.82 Å². The SMILES string of the molecule is N#Cc1ccc(CCCc2nccn2O)cc1. The van der Waals surface area contributed by atoms with E-state index >= 15 is 0 Å². The van der Waals surface area contributed by atoms with E-state index in [4.69, 9.17) is 5.26 Å². The van der Waals surface area contributed by atoms with E-state index in [0.717, 1.165) is 24.0 Å². The van der Waals surface area contributed by atoms with Gasteiger partial charge in [-0.25, -0.2) is 4.98 Å². The van der Waals surface area contributed by atoms with Crippen LogP contribution in [0.4, 0.5) is 0 Å². The number of aryl methyl sites for hydroxylation is 2. The van der Waals surface area contributed by atoms with Crippen molar-refractivity contribution in [1.82, 2.24) is 9.71 Å². The number of hydrogen-bond acceptors (Lipinski definition) is 3. The smallest absolute Gasteiger partial charge is 0.144 e. The van der Waals surface area contributed by atoms with E-state index in [2.05, 4.69) is 11.1 Å². The Hall–Kier alpha value is -2.28. The normalized spacial score (nSPS) is 10.1. The monoisotopic (exact) mass is 227 g/mol. The Bertz CT molecular complexity index is 522. The van der Waals surface area contributed by atoms with Crippen LogP contribution < -0.4 is 0 Å². The summed E-state index contributed by atoms with van der Waals surface area (Å²) in [4.78, 5) is 4.04. The summed E-state index contributed by atoms with van der Waals surface area (Å²) in [5.41, 5.74) is 1.87. The van der Waals surface area contributed by atoms with Crippen molar-refractivity contribution in [2.45, 2.75) is 19.3 Å². The van der Waals surface area contributed by atoms with Gasteiger partial charge in [0, 0.05) is 12.6 Å². The van der Waals surface area contributed by atoms with Crippen LogP contribution in [-0.4, -0.2) is 14.9 Å². The van der Waals surface area contributed by atoms with Gasteiger partial charge < -0.3 is 5.21 Å². The van der Waals surface area contributed by atoms with Crippen molar-refractivity contribution in [3.63, 3.8) is 0 Å². The van der Waals surface area contributed by atoms with Crippen LogP contribution in [0.2, 0.25) is 0 Å². The van der Waals surface area contributed by atoms with E-state index < -0.39 is 0 Å². The van der Waals surface area contributed by atoms with Gasteiger partial charge in [-0.2, -0.15) is 9.99 Å². The summed E-state index contributed by atoms with van der Waals surface area (Å²) in [6.07, 6.45) is 5.68. The maximum absolute atomic E-state index is 9.33. The molecule has 0 aliphatic heterocycles. The van der Waals surface area contributed by atoms with Crippen LogP contribution >= 0.6 is 0 Å². The number of benzene rings is 1. The van der Waals surface area contributed by atoms with Gasteiger partial charge in [-0.3, -0.25) is 0 Å². The molecule has 1 N–H and O–H groups in total. The summed E-state index contributed by atoms with van der Waals surface area (Å²) in [5, 5.41) is 18.0. The molecule has 0 aliphatic carbocycles. The molecule has 17 heavy (non-hydrogen) atoms. The van der Waals surface area contributed by atoms with E-state index in [0.29, 0.717) is 11.4 Å². The summed E-state index contributed by atoms with van der Waals surface area (Å²) in [7, 11) is 0. The molecule has 0 spiro atoms. The molecule has 0 bridgehead atoms. The number of rotatable bonds is 4. The molecule has 0 atom stereocenters. The molecule has 4 nitrogen and oxygen atoms in total. The first-order valence-electron chi connectivity index (χ1n) is 5.50. The summed E-state index contributed by atoms with van der Waals surface area (Å²) in [6.45, 7) is 0. The molecule has 86 valence electrons.